The molecule has 0 fully saturated rings. The van der Waals surface area contributed by atoms with Crippen LogP contribution in [0.15, 0.2) is 18.2 Å². The minimum atomic E-state index is -0.847. The number of carbonyl (C=O) groups is 1. The predicted octanol–water partition coefficient (Wildman–Crippen LogP) is 2.79. The molecule has 92 valence electrons. The third-order valence-corrected chi connectivity index (χ3v) is 3.82. The normalized spacial score (nSPS) is 23.4. The van der Waals surface area contributed by atoms with Gasteiger partial charge in [0.05, 0.1) is 5.56 Å². The summed E-state index contributed by atoms with van der Waals surface area (Å²) >= 11 is 0. The van der Waals surface area contributed by atoms with E-state index in [9.17, 15) is 4.79 Å². The molecular formula is C14H19NO2. The van der Waals surface area contributed by atoms with Gasteiger partial charge in [-0.05, 0) is 42.5 Å². The molecule has 0 aliphatic carbocycles. The van der Waals surface area contributed by atoms with Crippen molar-refractivity contribution in [2.45, 2.75) is 32.7 Å². The summed E-state index contributed by atoms with van der Waals surface area (Å²) in [5.41, 5.74) is 2.73. The van der Waals surface area contributed by atoms with E-state index >= 15 is 0 Å². The van der Waals surface area contributed by atoms with Gasteiger partial charge in [0.25, 0.3) is 0 Å². The molecule has 1 N–H and O–H groups in total. The molecule has 0 saturated heterocycles. The van der Waals surface area contributed by atoms with E-state index in [1.165, 1.54) is 5.69 Å². The number of nitrogens with zero attached hydrogens (tertiary/aromatic N) is 1. The molecule has 2 atom stereocenters. The Hall–Kier alpha value is -1.51. The van der Waals surface area contributed by atoms with Crippen LogP contribution in [0.2, 0.25) is 0 Å². The van der Waals surface area contributed by atoms with Crippen LogP contribution in [0.4, 0.5) is 5.69 Å². The topological polar surface area (TPSA) is 40.5 Å². The molecule has 1 heterocycles. The van der Waals surface area contributed by atoms with Crippen molar-refractivity contribution in [2.75, 3.05) is 11.9 Å². The molecule has 0 spiro atoms. The Labute approximate surface area is 102 Å². The van der Waals surface area contributed by atoms with Gasteiger partial charge in [-0.2, -0.15) is 0 Å². The first-order valence-corrected chi connectivity index (χ1v) is 6.13. The molecule has 1 aliphatic heterocycles. The van der Waals surface area contributed by atoms with Crippen LogP contribution in [0.5, 0.6) is 0 Å². The van der Waals surface area contributed by atoms with Gasteiger partial charge in [-0.25, -0.2) is 4.79 Å². The van der Waals surface area contributed by atoms with Crippen molar-refractivity contribution in [1.29, 1.82) is 0 Å². The van der Waals surface area contributed by atoms with Crippen molar-refractivity contribution in [2.24, 2.45) is 5.92 Å². The molecule has 0 bridgehead atoms. The number of rotatable bonds is 2. The number of anilines is 1. The van der Waals surface area contributed by atoms with Gasteiger partial charge in [0.15, 0.2) is 0 Å². The van der Waals surface area contributed by atoms with Crippen LogP contribution in [0, 0.1) is 5.92 Å². The smallest absolute Gasteiger partial charge is 0.335 e. The van der Waals surface area contributed by atoms with Crippen LogP contribution in [-0.4, -0.2) is 24.2 Å². The van der Waals surface area contributed by atoms with Crippen molar-refractivity contribution in [3.8, 4) is 0 Å². The average Bonchev–Trinajstić information content (AvgIpc) is 2.28. The Morgan fingerprint density at radius 2 is 2.24 bits per heavy atom. The zero-order chi connectivity index (χ0) is 12.6. The van der Waals surface area contributed by atoms with Crippen LogP contribution in [-0.2, 0) is 6.42 Å². The summed E-state index contributed by atoms with van der Waals surface area (Å²) in [5, 5.41) is 9.00. The monoisotopic (exact) mass is 233 g/mol. The predicted molar refractivity (Wildman–Crippen MR) is 68.8 cm³/mol. The summed E-state index contributed by atoms with van der Waals surface area (Å²) in [6.07, 6.45) is 2.09. The van der Waals surface area contributed by atoms with Gasteiger partial charge >= 0.3 is 5.97 Å². The maximum absolute atomic E-state index is 11.0. The molecule has 0 saturated carbocycles. The molecule has 0 amide bonds. The van der Waals surface area contributed by atoms with E-state index in [1.807, 2.05) is 12.1 Å². The number of aromatic carboxylic acids is 1. The Morgan fingerprint density at radius 1 is 1.53 bits per heavy atom. The molecule has 0 radical (unpaired) electrons. The Balaban J connectivity index is 2.42. The lowest BCUT2D eigenvalue weighted by atomic mass is 9.85. The summed E-state index contributed by atoms with van der Waals surface area (Å²) in [4.78, 5) is 13.2. The minimum Gasteiger partial charge on any atom is -0.478 e. The highest BCUT2D eigenvalue weighted by molar-refractivity contribution is 5.88. The third-order valence-electron chi connectivity index (χ3n) is 3.82. The quantitative estimate of drug-likeness (QED) is 0.854. The zero-order valence-corrected chi connectivity index (χ0v) is 10.6. The fourth-order valence-electron chi connectivity index (χ4n) is 2.95. The van der Waals surface area contributed by atoms with E-state index in [0.717, 1.165) is 18.4 Å². The van der Waals surface area contributed by atoms with Gasteiger partial charge in [0, 0.05) is 18.8 Å². The zero-order valence-electron chi connectivity index (χ0n) is 10.6. The van der Waals surface area contributed by atoms with Crippen LogP contribution in [0.25, 0.3) is 0 Å². The summed E-state index contributed by atoms with van der Waals surface area (Å²) in [5.74, 6) is -0.276. The first kappa shape index (κ1) is 12.0. The second-order valence-corrected chi connectivity index (χ2v) is 4.92. The van der Waals surface area contributed by atoms with E-state index in [0.29, 0.717) is 17.5 Å². The van der Waals surface area contributed by atoms with Crippen LogP contribution in [0.1, 0.15) is 36.2 Å². The molecule has 1 aromatic rings. The first-order chi connectivity index (χ1) is 8.04. The van der Waals surface area contributed by atoms with Gasteiger partial charge in [-0.15, -0.1) is 0 Å². The lowest BCUT2D eigenvalue weighted by Gasteiger charge is -2.40. The van der Waals surface area contributed by atoms with E-state index < -0.39 is 5.97 Å². The SMILES string of the molecule is CC[C@H]1C(C)Cc2cc(C(=O)O)ccc2N1C. The Morgan fingerprint density at radius 3 is 2.82 bits per heavy atom. The van der Waals surface area contributed by atoms with Gasteiger partial charge in [0.1, 0.15) is 0 Å². The highest BCUT2D eigenvalue weighted by Gasteiger charge is 2.28. The van der Waals surface area contributed by atoms with Gasteiger partial charge in [-0.1, -0.05) is 13.8 Å². The van der Waals surface area contributed by atoms with E-state index in [1.54, 1.807) is 6.07 Å². The van der Waals surface area contributed by atoms with Crippen LogP contribution < -0.4 is 4.90 Å². The van der Waals surface area contributed by atoms with Crippen molar-refractivity contribution < 1.29 is 9.90 Å². The molecule has 3 nitrogen and oxygen atoms in total. The van der Waals surface area contributed by atoms with E-state index in [4.69, 9.17) is 5.11 Å². The van der Waals surface area contributed by atoms with Crippen molar-refractivity contribution in [1.82, 2.24) is 0 Å². The van der Waals surface area contributed by atoms with Crippen molar-refractivity contribution in [3.05, 3.63) is 29.3 Å². The molecule has 1 aromatic carbocycles. The first-order valence-electron chi connectivity index (χ1n) is 6.13. The number of hydrogen-bond acceptors (Lipinski definition) is 2. The molecule has 17 heavy (non-hydrogen) atoms. The summed E-state index contributed by atoms with van der Waals surface area (Å²) in [6, 6.07) is 6.00. The minimum absolute atomic E-state index is 0.388. The Bertz CT molecular complexity index is 442. The maximum atomic E-state index is 11.0. The number of hydrogen-bond donors (Lipinski definition) is 1. The fourth-order valence-corrected chi connectivity index (χ4v) is 2.95. The summed E-state index contributed by atoms with van der Waals surface area (Å²) < 4.78 is 0. The second-order valence-electron chi connectivity index (χ2n) is 4.92. The lowest BCUT2D eigenvalue weighted by molar-refractivity contribution is 0.0696. The molecule has 3 heteroatoms. The second kappa shape index (κ2) is 4.40. The Kier molecular flexibility index (Phi) is 3.09. The highest BCUT2D eigenvalue weighted by Crippen LogP contribution is 2.34. The van der Waals surface area contributed by atoms with E-state index in [-0.39, 0.29) is 0 Å². The molecular weight excluding hydrogens is 214 g/mol. The molecule has 1 aliphatic rings. The summed E-state index contributed by atoms with van der Waals surface area (Å²) in [6.45, 7) is 4.44. The highest BCUT2D eigenvalue weighted by atomic mass is 16.4. The van der Waals surface area contributed by atoms with Crippen molar-refractivity contribution >= 4 is 11.7 Å². The largest absolute Gasteiger partial charge is 0.478 e. The lowest BCUT2D eigenvalue weighted by Crippen LogP contribution is -2.41. The standard InChI is InChI=1S/C14H19NO2/c1-4-12-9(2)7-11-8-10(14(16)17)5-6-13(11)15(12)3/h5-6,8-9,12H,4,7H2,1-3H3,(H,16,17)/t9?,12-/m0/s1. The summed E-state index contributed by atoms with van der Waals surface area (Å²) in [7, 11) is 2.10. The number of carboxylic acids is 1. The third kappa shape index (κ3) is 2.02. The fraction of sp³-hybridized carbons (Fsp3) is 0.500. The number of benzene rings is 1. The molecule has 2 rings (SSSR count). The van der Waals surface area contributed by atoms with Gasteiger partial charge in [0.2, 0.25) is 0 Å². The van der Waals surface area contributed by atoms with Gasteiger partial charge in [-0.3, -0.25) is 0 Å². The maximum Gasteiger partial charge on any atom is 0.335 e. The molecule has 0 aromatic heterocycles. The van der Waals surface area contributed by atoms with Gasteiger partial charge < -0.3 is 10.0 Å². The number of carboxylic acid groups (broad SMARTS) is 1. The van der Waals surface area contributed by atoms with E-state index in [2.05, 4.69) is 25.8 Å². The average molecular weight is 233 g/mol. The van der Waals surface area contributed by atoms with Crippen LogP contribution in [0.3, 0.4) is 0 Å². The van der Waals surface area contributed by atoms with Crippen LogP contribution >= 0.6 is 0 Å². The molecule has 1 unspecified atom stereocenters. The van der Waals surface area contributed by atoms with Crippen molar-refractivity contribution in [3.63, 3.8) is 0 Å². The number of fused-ring (bicyclic) bond motifs is 1.